The molecule has 0 saturated carbocycles. The Labute approximate surface area is 180 Å². The second-order valence-electron chi connectivity index (χ2n) is 7.96. The molecule has 160 valence electrons. The van der Waals surface area contributed by atoms with Gasteiger partial charge < -0.3 is 10.2 Å². The first-order chi connectivity index (χ1) is 14.6. The number of hydrogen-bond acceptors (Lipinski definition) is 7. The Kier molecular flexibility index (Phi) is 6.71. The predicted octanol–water partition coefficient (Wildman–Crippen LogP) is 1.84. The fourth-order valence-corrected chi connectivity index (χ4v) is 4.56. The van der Waals surface area contributed by atoms with Gasteiger partial charge in [-0.05, 0) is 31.9 Å². The zero-order valence-electron chi connectivity index (χ0n) is 17.3. The number of nitrogens with zero attached hydrogens (tertiary/aromatic N) is 5. The Morgan fingerprint density at radius 3 is 2.33 bits per heavy atom. The van der Waals surface area contributed by atoms with Crippen LogP contribution in [-0.2, 0) is 11.3 Å². The van der Waals surface area contributed by atoms with Crippen molar-refractivity contribution in [1.82, 2.24) is 24.9 Å². The van der Waals surface area contributed by atoms with Crippen LogP contribution in [-0.4, -0.2) is 82.5 Å². The highest BCUT2D eigenvalue weighted by Crippen LogP contribution is 2.17. The van der Waals surface area contributed by atoms with Gasteiger partial charge in [0, 0.05) is 45.0 Å². The fourth-order valence-electron chi connectivity index (χ4n) is 3.79. The summed E-state index contributed by atoms with van der Waals surface area (Å²) in [7, 11) is 0. The van der Waals surface area contributed by atoms with Crippen LogP contribution < -0.4 is 5.32 Å². The Bertz CT molecular complexity index is 870. The van der Waals surface area contributed by atoms with Crippen molar-refractivity contribution >= 4 is 28.8 Å². The molecule has 4 rings (SSSR count). The van der Waals surface area contributed by atoms with Gasteiger partial charge in [0.05, 0.1) is 13.1 Å². The average molecular weight is 429 g/mol. The summed E-state index contributed by atoms with van der Waals surface area (Å²) >= 11 is 1.33. The number of aromatic nitrogens is 2. The third kappa shape index (κ3) is 5.41. The quantitative estimate of drug-likeness (QED) is 0.756. The molecule has 0 radical (unpaired) electrons. The van der Waals surface area contributed by atoms with Gasteiger partial charge in [-0.2, -0.15) is 0 Å². The summed E-state index contributed by atoms with van der Waals surface area (Å²) in [4.78, 5) is 31.2. The first-order valence-electron chi connectivity index (χ1n) is 10.5. The van der Waals surface area contributed by atoms with Gasteiger partial charge >= 0.3 is 0 Å². The minimum atomic E-state index is -0.229. The van der Waals surface area contributed by atoms with Crippen molar-refractivity contribution in [3.8, 4) is 0 Å². The molecule has 2 aromatic rings. The van der Waals surface area contributed by atoms with E-state index in [4.69, 9.17) is 0 Å². The zero-order valence-corrected chi connectivity index (χ0v) is 18.2. The largest absolute Gasteiger partial charge is 0.342 e. The van der Waals surface area contributed by atoms with Crippen LogP contribution in [0, 0.1) is 6.92 Å². The van der Waals surface area contributed by atoms with Crippen LogP contribution in [0.1, 0.15) is 33.2 Å². The Balaban J connectivity index is 1.23. The van der Waals surface area contributed by atoms with Crippen molar-refractivity contribution in [2.75, 3.05) is 51.1 Å². The van der Waals surface area contributed by atoms with Gasteiger partial charge in [-0.25, -0.2) is 0 Å². The molecule has 2 amide bonds. The van der Waals surface area contributed by atoms with E-state index in [1.807, 2.05) is 36.1 Å². The SMILES string of the molecule is Cc1ccc(NC(=O)c2nnc(CN3CCN(CC(=O)N4CCCC4)CC3)s2)cc1. The Morgan fingerprint density at radius 1 is 0.967 bits per heavy atom. The molecule has 1 aromatic carbocycles. The second-order valence-corrected chi connectivity index (χ2v) is 9.02. The fraction of sp³-hybridized carbons (Fsp3) is 0.524. The van der Waals surface area contributed by atoms with Crippen LogP contribution in [0.15, 0.2) is 24.3 Å². The number of piperazine rings is 1. The molecular weight excluding hydrogens is 400 g/mol. The lowest BCUT2D eigenvalue weighted by molar-refractivity contribution is -0.131. The molecule has 3 heterocycles. The Hall–Kier alpha value is -2.36. The number of amides is 2. The van der Waals surface area contributed by atoms with E-state index in [1.54, 1.807) is 0 Å². The molecular formula is C21H28N6O2S. The maximum Gasteiger partial charge on any atom is 0.286 e. The number of hydrogen-bond donors (Lipinski definition) is 1. The third-order valence-corrected chi connectivity index (χ3v) is 6.52. The molecule has 8 nitrogen and oxygen atoms in total. The van der Waals surface area contributed by atoms with E-state index >= 15 is 0 Å². The summed E-state index contributed by atoms with van der Waals surface area (Å²) < 4.78 is 0. The molecule has 9 heteroatoms. The topological polar surface area (TPSA) is 81.7 Å². The van der Waals surface area contributed by atoms with E-state index in [0.29, 0.717) is 18.1 Å². The van der Waals surface area contributed by atoms with E-state index in [0.717, 1.165) is 68.4 Å². The monoisotopic (exact) mass is 428 g/mol. The summed E-state index contributed by atoms with van der Waals surface area (Å²) in [5, 5.41) is 12.3. The lowest BCUT2D eigenvalue weighted by Crippen LogP contribution is -2.49. The number of benzene rings is 1. The maximum absolute atomic E-state index is 12.4. The van der Waals surface area contributed by atoms with E-state index in [9.17, 15) is 9.59 Å². The van der Waals surface area contributed by atoms with Crippen LogP contribution in [0.4, 0.5) is 5.69 Å². The van der Waals surface area contributed by atoms with Gasteiger partial charge in [-0.3, -0.25) is 19.4 Å². The van der Waals surface area contributed by atoms with Crippen LogP contribution in [0.3, 0.4) is 0 Å². The lowest BCUT2D eigenvalue weighted by Gasteiger charge is -2.34. The third-order valence-electron chi connectivity index (χ3n) is 5.61. The van der Waals surface area contributed by atoms with E-state index in [1.165, 1.54) is 11.3 Å². The number of carbonyl (C=O) groups is 2. The van der Waals surface area contributed by atoms with Crippen molar-refractivity contribution in [2.45, 2.75) is 26.3 Å². The molecule has 2 fully saturated rings. The van der Waals surface area contributed by atoms with Gasteiger partial charge in [0.15, 0.2) is 0 Å². The average Bonchev–Trinajstić information content (AvgIpc) is 3.43. The van der Waals surface area contributed by atoms with Crippen LogP contribution in [0.5, 0.6) is 0 Å². The van der Waals surface area contributed by atoms with E-state index in [2.05, 4.69) is 25.3 Å². The summed E-state index contributed by atoms with van der Waals surface area (Å²) in [5.41, 5.74) is 1.90. The van der Waals surface area contributed by atoms with Gasteiger partial charge in [-0.15, -0.1) is 10.2 Å². The molecule has 0 aliphatic carbocycles. The van der Waals surface area contributed by atoms with Crippen molar-refractivity contribution in [1.29, 1.82) is 0 Å². The maximum atomic E-state index is 12.4. The van der Waals surface area contributed by atoms with Crippen LogP contribution in [0.2, 0.25) is 0 Å². The zero-order chi connectivity index (χ0) is 20.9. The smallest absolute Gasteiger partial charge is 0.286 e. The molecule has 0 atom stereocenters. The van der Waals surface area contributed by atoms with Gasteiger partial charge in [0.25, 0.3) is 5.91 Å². The van der Waals surface area contributed by atoms with Crippen molar-refractivity contribution < 1.29 is 9.59 Å². The molecule has 0 spiro atoms. The summed E-state index contributed by atoms with van der Waals surface area (Å²) in [6.45, 7) is 8.56. The Morgan fingerprint density at radius 2 is 1.63 bits per heavy atom. The van der Waals surface area contributed by atoms with Crippen molar-refractivity contribution in [2.24, 2.45) is 0 Å². The molecule has 2 saturated heterocycles. The molecule has 30 heavy (non-hydrogen) atoms. The second kappa shape index (κ2) is 9.63. The minimum Gasteiger partial charge on any atom is -0.342 e. The lowest BCUT2D eigenvalue weighted by atomic mass is 10.2. The molecule has 1 N–H and O–H groups in total. The van der Waals surface area contributed by atoms with E-state index in [-0.39, 0.29) is 11.8 Å². The summed E-state index contributed by atoms with van der Waals surface area (Å²) in [6, 6.07) is 7.67. The van der Waals surface area contributed by atoms with Gasteiger partial charge in [-0.1, -0.05) is 29.0 Å². The van der Waals surface area contributed by atoms with E-state index < -0.39 is 0 Å². The first kappa shape index (κ1) is 20.9. The highest BCUT2D eigenvalue weighted by molar-refractivity contribution is 7.13. The molecule has 0 unspecified atom stereocenters. The molecule has 0 bridgehead atoms. The number of aryl methyl sites for hydroxylation is 1. The van der Waals surface area contributed by atoms with Crippen LogP contribution >= 0.6 is 11.3 Å². The molecule has 2 aliphatic rings. The number of rotatable bonds is 6. The van der Waals surface area contributed by atoms with Crippen molar-refractivity contribution in [3.05, 3.63) is 39.8 Å². The highest BCUT2D eigenvalue weighted by Gasteiger charge is 2.24. The normalized spacial score (nSPS) is 18.0. The number of nitrogens with one attached hydrogen (secondary N) is 1. The van der Waals surface area contributed by atoms with Crippen molar-refractivity contribution in [3.63, 3.8) is 0 Å². The number of anilines is 1. The highest BCUT2D eigenvalue weighted by atomic mass is 32.1. The van der Waals surface area contributed by atoms with Crippen LogP contribution in [0.25, 0.3) is 0 Å². The summed E-state index contributed by atoms with van der Waals surface area (Å²) in [5.74, 6) is 0.0298. The van der Waals surface area contributed by atoms with Gasteiger partial charge in [0.2, 0.25) is 10.9 Å². The molecule has 2 aliphatic heterocycles. The standard InChI is InChI=1S/C21H28N6O2S/c1-16-4-6-17(7-5-16)22-20(29)21-24-23-18(30-21)14-25-10-12-26(13-11-25)15-19(28)27-8-2-3-9-27/h4-7H,2-3,8-15H2,1H3,(H,22,29). The number of carbonyl (C=O) groups excluding carboxylic acids is 2. The minimum absolute atomic E-state index is 0.229. The summed E-state index contributed by atoms with van der Waals surface area (Å²) in [6.07, 6.45) is 2.26. The molecule has 1 aromatic heterocycles. The first-order valence-corrected chi connectivity index (χ1v) is 11.3. The predicted molar refractivity (Wildman–Crippen MR) is 117 cm³/mol. The van der Waals surface area contributed by atoms with Gasteiger partial charge in [0.1, 0.15) is 5.01 Å². The number of likely N-dealkylation sites (tertiary alicyclic amines) is 1.